The van der Waals surface area contributed by atoms with Gasteiger partial charge in [0, 0.05) is 19.0 Å². The minimum atomic E-state index is 0.0809. The maximum atomic E-state index is 11.4. The van der Waals surface area contributed by atoms with Gasteiger partial charge in [-0.2, -0.15) is 0 Å². The summed E-state index contributed by atoms with van der Waals surface area (Å²) in [6.45, 7) is 3.29. The average molecular weight is 208 g/mol. The fourth-order valence-corrected chi connectivity index (χ4v) is 1.38. The average Bonchev–Trinajstić information content (AvgIpc) is 3.05. The maximum absolute atomic E-state index is 11.4. The molecule has 0 heterocycles. The van der Waals surface area contributed by atoms with Crippen molar-refractivity contribution < 1.29 is 4.79 Å². The van der Waals surface area contributed by atoms with Crippen LogP contribution in [0.5, 0.6) is 0 Å². The SMILES string of the molecule is C#CCC(CC)NCC(=O)NCC1CC1. The van der Waals surface area contributed by atoms with Crippen LogP contribution in [0.1, 0.15) is 32.6 Å². The van der Waals surface area contributed by atoms with Crippen molar-refractivity contribution in [3.05, 3.63) is 0 Å². The van der Waals surface area contributed by atoms with E-state index in [1.54, 1.807) is 0 Å². The zero-order chi connectivity index (χ0) is 11.1. The van der Waals surface area contributed by atoms with Crippen LogP contribution in [0.4, 0.5) is 0 Å². The highest BCUT2D eigenvalue weighted by atomic mass is 16.1. The third-order valence-electron chi connectivity index (χ3n) is 2.69. The topological polar surface area (TPSA) is 41.1 Å². The molecule has 2 N–H and O–H groups in total. The van der Waals surface area contributed by atoms with Gasteiger partial charge in [0.05, 0.1) is 6.54 Å². The van der Waals surface area contributed by atoms with Crippen LogP contribution in [0.2, 0.25) is 0 Å². The molecule has 3 heteroatoms. The fourth-order valence-electron chi connectivity index (χ4n) is 1.38. The molecule has 1 unspecified atom stereocenters. The molecule has 0 aromatic rings. The van der Waals surface area contributed by atoms with E-state index in [9.17, 15) is 4.79 Å². The number of hydrogen-bond acceptors (Lipinski definition) is 2. The van der Waals surface area contributed by atoms with Gasteiger partial charge in [-0.25, -0.2) is 0 Å². The fraction of sp³-hybridized carbons (Fsp3) is 0.750. The summed E-state index contributed by atoms with van der Waals surface area (Å²) in [5.74, 6) is 3.43. The first-order chi connectivity index (χ1) is 7.26. The monoisotopic (exact) mass is 208 g/mol. The largest absolute Gasteiger partial charge is 0.355 e. The second-order valence-corrected chi connectivity index (χ2v) is 4.14. The van der Waals surface area contributed by atoms with E-state index in [4.69, 9.17) is 6.42 Å². The predicted molar refractivity (Wildman–Crippen MR) is 61.3 cm³/mol. The van der Waals surface area contributed by atoms with E-state index in [2.05, 4.69) is 23.5 Å². The lowest BCUT2D eigenvalue weighted by Crippen LogP contribution is -2.39. The van der Waals surface area contributed by atoms with Gasteiger partial charge < -0.3 is 10.6 Å². The highest BCUT2D eigenvalue weighted by molar-refractivity contribution is 5.78. The first-order valence-corrected chi connectivity index (χ1v) is 5.69. The Bertz CT molecular complexity index is 240. The Hall–Kier alpha value is -1.01. The molecule has 0 radical (unpaired) electrons. The molecule has 1 rings (SSSR count). The summed E-state index contributed by atoms with van der Waals surface area (Å²) >= 11 is 0. The van der Waals surface area contributed by atoms with Crippen LogP contribution in [0.25, 0.3) is 0 Å². The zero-order valence-electron chi connectivity index (χ0n) is 9.38. The highest BCUT2D eigenvalue weighted by Crippen LogP contribution is 2.27. The molecule has 1 amide bonds. The Labute approximate surface area is 92.0 Å². The zero-order valence-corrected chi connectivity index (χ0v) is 9.38. The number of nitrogens with one attached hydrogen (secondary N) is 2. The molecular formula is C12H20N2O. The molecule has 0 spiro atoms. The van der Waals surface area contributed by atoms with Gasteiger partial charge in [0.15, 0.2) is 0 Å². The van der Waals surface area contributed by atoms with Crippen molar-refractivity contribution >= 4 is 5.91 Å². The standard InChI is InChI=1S/C12H20N2O/c1-3-5-11(4-2)13-9-12(15)14-8-10-6-7-10/h1,10-11,13H,4-9H2,2H3,(H,14,15). The number of amides is 1. The summed E-state index contributed by atoms with van der Waals surface area (Å²) in [6.07, 6.45) is 9.41. The van der Waals surface area contributed by atoms with E-state index in [1.807, 2.05) is 0 Å². The van der Waals surface area contributed by atoms with E-state index < -0.39 is 0 Å². The third kappa shape index (κ3) is 5.44. The molecule has 0 aromatic heterocycles. The Morgan fingerprint density at radius 1 is 1.60 bits per heavy atom. The summed E-state index contributed by atoms with van der Waals surface area (Å²) < 4.78 is 0. The Morgan fingerprint density at radius 3 is 2.87 bits per heavy atom. The van der Waals surface area contributed by atoms with Crippen LogP contribution in [-0.2, 0) is 4.79 Å². The molecule has 1 saturated carbocycles. The minimum absolute atomic E-state index is 0.0809. The summed E-state index contributed by atoms with van der Waals surface area (Å²) in [6, 6.07) is 0.265. The van der Waals surface area contributed by atoms with Crippen molar-refractivity contribution in [1.29, 1.82) is 0 Å². The van der Waals surface area contributed by atoms with Crippen LogP contribution in [0.15, 0.2) is 0 Å². The van der Waals surface area contributed by atoms with Crippen molar-refractivity contribution in [1.82, 2.24) is 10.6 Å². The molecule has 1 fully saturated rings. The summed E-state index contributed by atoms with van der Waals surface area (Å²) in [7, 11) is 0. The van der Waals surface area contributed by atoms with E-state index in [0.29, 0.717) is 13.0 Å². The highest BCUT2D eigenvalue weighted by Gasteiger charge is 2.21. The number of carbonyl (C=O) groups excluding carboxylic acids is 1. The first kappa shape index (κ1) is 12.1. The van der Waals surface area contributed by atoms with Crippen molar-refractivity contribution in [2.45, 2.75) is 38.6 Å². The van der Waals surface area contributed by atoms with Gasteiger partial charge in [-0.05, 0) is 25.2 Å². The van der Waals surface area contributed by atoms with Crippen molar-refractivity contribution in [2.24, 2.45) is 5.92 Å². The normalized spacial score (nSPS) is 16.8. The Morgan fingerprint density at radius 2 is 2.33 bits per heavy atom. The molecule has 0 saturated heterocycles. The van der Waals surface area contributed by atoms with Crippen LogP contribution in [0, 0.1) is 18.3 Å². The summed E-state index contributed by atoms with van der Waals surface area (Å²) in [4.78, 5) is 11.4. The molecule has 84 valence electrons. The lowest BCUT2D eigenvalue weighted by Gasteiger charge is -2.13. The lowest BCUT2D eigenvalue weighted by atomic mass is 10.1. The van der Waals surface area contributed by atoms with Crippen molar-refractivity contribution in [2.75, 3.05) is 13.1 Å². The van der Waals surface area contributed by atoms with E-state index in [0.717, 1.165) is 18.9 Å². The molecular weight excluding hydrogens is 188 g/mol. The third-order valence-corrected chi connectivity index (χ3v) is 2.69. The van der Waals surface area contributed by atoms with Crippen LogP contribution >= 0.6 is 0 Å². The van der Waals surface area contributed by atoms with Gasteiger partial charge in [-0.1, -0.05) is 6.92 Å². The van der Waals surface area contributed by atoms with E-state index >= 15 is 0 Å². The summed E-state index contributed by atoms with van der Waals surface area (Å²) in [5.41, 5.74) is 0. The molecule has 0 aromatic carbocycles. The Kier molecular flexibility index (Phi) is 5.20. The van der Waals surface area contributed by atoms with Crippen molar-refractivity contribution in [3.8, 4) is 12.3 Å². The maximum Gasteiger partial charge on any atom is 0.233 e. The molecule has 1 atom stereocenters. The van der Waals surface area contributed by atoms with Crippen LogP contribution in [0.3, 0.4) is 0 Å². The van der Waals surface area contributed by atoms with Gasteiger partial charge in [-0.15, -0.1) is 12.3 Å². The predicted octanol–water partition coefficient (Wildman–Crippen LogP) is 0.904. The number of carbonyl (C=O) groups is 1. The second kappa shape index (κ2) is 6.47. The van der Waals surface area contributed by atoms with Gasteiger partial charge in [0.25, 0.3) is 0 Å². The first-order valence-electron chi connectivity index (χ1n) is 5.69. The van der Waals surface area contributed by atoms with Gasteiger partial charge in [0.1, 0.15) is 0 Å². The Balaban J connectivity index is 2.05. The minimum Gasteiger partial charge on any atom is -0.355 e. The van der Waals surface area contributed by atoms with E-state index in [1.165, 1.54) is 12.8 Å². The van der Waals surface area contributed by atoms with Crippen molar-refractivity contribution in [3.63, 3.8) is 0 Å². The lowest BCUT2D eigenvalue weighted by molar-refractivity contribution is -0.120. The smallest absolute Gasteiger partial charge is 0.233 e. The van der Waals surface area contributed by atoms with Gasteiger partial charge in [0.2, 0.25) is 5.91 Å². The molecule has 15 heavy (non-hydrogen) atoms. The van der Waals surface area contributed by atoms with Gasteiger partial charge in [-0.3, -0.25) is 4.79 Å². The van der Waals surface area contributed by atoms with E-state index in [-0.39, 0.29) is 11.9 Å². The number of rotatable bonds is 7. The van der Waals surface area contributed by atoms with Crippen LogP contribution < -0.4 is 10.6 Å². The quantitative estimate of drug-likeness (QED) is 0.610. The second-order valence-electron chi connectivity index (χ2n) is 4.14. The number of hydrogen-bond donors (Lipinski definition) is 2. The van der Waals surface area contributed by atoms with Gasteiger partial charge >= 0.3 is 0 Å². The molecule has 0 bridgehead atoms. The molecule has 1 aliphatic carbocycles. The molecule has 0 aliphatic heterocycles. The van der Waals surface area contributed by atoms with Crippen LogP contribution in [-0.4, -0.2) is 25.0 Å². The molecule has 3 nitrogen and oxygen atoms in total. The molecule has 1 aliphatic rings. The summed E-state index contributed by atoms with van der Waals surface area (Å²) in [5, 5.41) is 6.07. The number of terminal acetylenes is 1.